The summed E-state index contributed by atoms with van der Waals surface area (Å²) in [7, 11) is 0. The summed E-state index contributed by atoms with van der Waals surface area (Å²) in [5.74, 6) is -0.00954. The van der Waals surface area contributed by atoms with Crippen LogP contribution in [0.4, 0.5) is 0 Å². The molecule has 1 aliphatic heterocycles. The van der Waals surface area contributed by atoms with E-state index in [9.17, 15) is 4.79 Å². The van der Waals surface area contributed by atoms with Crippen molar-refractivity contribution in [2.45, 2.75) is 25.8 Å². The molecule has 4 nitrogen and oxygen atoms in total. The largest absolute Gasteiger partial charge is 0.320 e. The minimum Gasteiger partial charge on any atom is -0.320 e. The molecule has 4 heteroatoms. The summed E-state index contributed by atoms with van der Waals surface area (Å²) < 4.78 is 0. The first kappa shape index (κ1) is 8.49. The quantitative estimate of drug-likeness (QED) is 0.537. The van der Waals surface area contributed by atoms with Gasteiger partial charge in [0.2, 0.25) is 0 Å². The first-order valence-corrected chi connectivity index (χ1v) is 4.02. The van der Waals surface area contributed by atoms with Crippen LogP contribution in [0, 0.1) is 0 Å². The van der Waals surface area contributed by atoms with Crippen LogP contribution in [0.25, 0.3) is 0 Å². The molecule has 0 radical (unpaired) electrons. The van der Waals surface area contributed by atoms with Crippen LogP contribution < -0.4 is 11.2 Å². The summed E-state index contributed by atoms with van der Waals surface area (Å²) in [5, 5.41) is 1.62. The average molecular weight is 157 g/mol. The van der Waals surface area contributed by atoms with Crippen molar-refractivity contribution in [3.8, 4) is 0 Å². The van der Waals surface area contributed by atoms with E-state index in [1.807, 2.05) is 0 Å². The number of carbonyl (C=O) groups excluding carboxylic acids is 1. The summed E-state index contributed by atoms with van der Waals surface area (Å²) >= 11 is 0. The van der Waals surface area contributed by atoms with Crippen molar-refractivity contribution in [2.75, 3.05) is 13.1 Å². The molecule has 0 bridgehead atoms. The molecular weight excluding hydrogens is 142 g/mol. The summed E-state index contributed by atoms with van der Waals surface area (Å²) in [4.78, 5) is 11.2. The maximum absolute atomic E-state index is 11.2. The van der Waals surface area contributed by atoms with Crippen LogP contribution in [0.2, 0.25) is 0 Å². The summed E-state index contributed by atoms with van der Waals surface area (Å²) in [6.07, 6.45) is 2.22. The SMILES string of the molecule is CC(N)C(=O)N1CCCCN1. The Kier molecular flexibility index (Phi) is 2.84. The number of nitrogens with zero attached hydrogens (tertiary/aromatic N) is 1. The standard InChI is InChI=1S/C7H15N3O/c1-6(8)7(11)10-5-3-2-4-9-10/h6,9H,2-5,8H2,1H3. The minimum atomic E-state index is -0.388. The van der Waals surface area contributed by atoms with Gasteiger partial charge < -0.3 is 5.73 Å². The summed E-state index contributed by atoms with van der Waals surface area (Å²) in [6, 6.07) is -0.388. The number of amides is 1. The number of nitrogens with one attached hydrogen (secondary N) is 1. The molecule has 0 aliphatic carbocycles. The first-order chi connectivity index (χ1) is 5.22. The second-order valence-corrected chi connectivity index (χ2v) is 2.89. The van der Waals surface area contributed by atoms with Gasteiger partial charge in [-0.1, -0.05) is 0 Å². The molecule has 3 N–H and O–H groups in total. The predicted octanol–water partition coefficient (Wildman–Crippen LogP) is -0.539. The number of carbonyl (C=O) groups is 1. The lowest BCUT2D eigenvalue weighted by atomic mass is 10.2. The van der Waals surface area contributed by atoms with Gasteiger partial charge in [-0.05, 0) is 19.8 Å². The molecule has 64 valence electrons. The highest BCUT2D eigenvalue weighted by molar-refractivity contribution is 5.80. The van der Waals surface area contributed by atoms with Crippen LogP contribution in [0.1, 0.15) is 19.8 Å². The Morgan fingerprint density at radius 3 is 2.82 bits per heavy atom. The summed E-state index contributed by atoms with van der Waals surface area (Å²) in [6.45, 7) is 3.39. The van der Waals surface area contributed by atoms with Crippen molar-refractivity contribution in [3.05, 3.63) is 0 Å². The van der Waals surface area contributed by atoms with Crippen molar-refractivity contribution in [1.29, 1.82) is 0 Å². The molecule has 0 aromatic rings. The van der Waals surface area contributed by atoms with E-state index in [0.717, 1.165) is 25.9 Å². The van der Waals surface area contributed by atoms with E-state index in [0.29, 0.717) is 0 Å². The minimum absolute atomic E-state index is 0.00954. The smallest absolute Gasteiger partial charge is 0.253 e. The van der Waals surface area contributed by atoms with Gasteiger partial charge in [-0.3, -0.25) is 9.80 Å². The van der Waals surface area contributed by atoms with Gasteiger partial charge in [-0.25, -0.2) is 5.43 Å². The molecule has 1 atom stereocenters. The van der Waals surface area contributed by atoms with Crippen LogP contribution in [0.3, 0.4) is 0 Å². The van der Waals surface area contributed by atoms with Crippen molar-refractivity contribution in [2.24, 2.45) is 5.73 Å². The molecular formula is C7H15N3O. The molecule has 1 aliphatic rings. The average Bonchev–Trinajstić information content (AvgIpc) is 2.05. The van der Waals surface area contributed by atoms with Crippen LogP contribution in [-0.2, 0) is 4.79 Å². The van der Waals surface area contributed by atoms with Crippen LogP contribution >= 0.6 is 0 Å². The predicted molar refractivity (Wildman–Crippen MR) is 42.6 cm³/mol. The van der Waals surface area contributed by atoms with Gasteiger partial charge in [-0.2, -0.15) is 0 Å². The fraction of sp³-hybridized carbons (Fsp3) is 0.857. The van der Waals surface area contributed by atoms with Gasteiger partial charge in [0.05, 0.1) is 6.04 Å². The zero-order valence-electron chi connectivity index (χ0n) is 6.84. The summed E-state index contributed by atoms with van der Waals surface area (Å²) in [5.41, 5.74) is 8.44. The van der Waals surface area contributed by atoms with E-state index < -0.39 is 0 Å². The van der Waals surface area contributed by atoms with Crippen LogP contribution in [0.15, 0.2) is 0 Å². The monoisotopic (exact) mass is 157 g/mol. The van der Waals surface area contributed by atoms with Gasteiger partial charge >= 0.3 is 0 Å². The van der Waals surface area contributed by atoms with Crippen molar-refractivity contribution in [1.82, 2.24) is 10.4 Å². The number of nitrogens with two attached hydrogens (primary N) is 1. The molecule has 1 fully saturated rings. The topological polar surface area (TPSA) is 58.4 Å². The van der Waals surface area contributed by atoms with Crippen molar-refractivity contribution < 1.29 is 4.79 Å². The second kappa shape index (κ2) is 3.69. The van der Waals surface area contributed by atoms with Gasteiger partial charge in [0, 0.05) is 13.1 Å². The fourth-order valence-electron chi connectivity index (χ4n) is 1.12. The molecule has 0 saturated carbocycles. The maximum atomic E-state index is 11.2. The molecule has 1 saturated heterocycles. The molecule has 0 spiro atoms. The Morgan fingerprint density at radius 1 is 1.64 bits per heavy atom. The molecule has 1 heterocycles. The number of hydrogen-bond acceptors (Lipinski definition) is 3. The Balaban J connectivity index is 2.39. The van der Waals surface area contributed by atoms with Gasteiger partial charge in [-0.15, -0.1) is 0 Å². The lowest BCUT2D eigenvalue weighted by Crippen LogP contribution is -2.52. The van der Waals surface area contributed by atoms with Gasteiger partial charge in [0.15, 0.2) is 0 Å². The highest BCUT2D eigenvalue weighted by atomic mass is 16.2. The second-order valence-electron chi connectivity index (χ2n) is 2.89. The van der Waals surface area contributed by atoms with Crippen LogP contribution in [0.5, 0.6) is 0 Å². The van der Waals surface area contributed by atoms with E-state index in [1.54, 1.807) is 11.9 Å². The highest BCUT2D eigenvalue weighted by Gasteiger charge is 2.18. The van der Waals surface area contributed by atoms with Crippen LogP contribution in [-0.4, -0.2) is 30.0 Å². The van der Waals surface area contributed by atoms with E-state index >= 15 is 0 Å². The third-order valence-corrected chi connectivity index (χ3v) is 1.77. The third-order valence-electron chi connectivity index (χ3n) is 1.77. The Hall–Kier alpha value is -0.610. The van der Waals surface area contributed by atoms with E-state index in [4.69, 9.17) is 5.73 Å². The fourth-order valence-corrected chi connectivity index (χ4v) is 1.12. The van der Waals surface area contributed by atoms with Gasteiger partial charge in [0.25, 0.3) is 5.91 Å². The third kappa shape index (κ3) is 2.17. The molecule has 1 rings (SSSR count). The molecule has 1 unspecified atom stereocenters. The Labute approximate surface area is 66.7 Å². The molecule has 0 aromatic carbocycles. The number of rotatable bonds is 1. The zero-order valence-corrected chi connectivity index (χ0v) is 6.84. The molecule has 1 amide bonds. The van der Waals surface area contributed by atoms with E-state index in [-0.39, 0.29) is 11.9 Å². The zero-order chi connectivity index (χ0) is 8.27. The number of hydrogen-bond donors (Lipinski definition) is 2. The normalized spacial score (nSPS) is 21.5. The maximum Gasteiger partial charge on any atom is 0.253 e. The molecule has 0 aromatic heterocycles. The van der Waals surface area contributed by atoms with Crippen molar-refractivity contribution >= 4 is 5.91 Å². The lowest BCUT2D eigenvalue weighted by molar-refractivity contribution is -0.136. The molecule has 11 heavy (non-hydrogen) atoms. The highest BCUT2D eigenvalue weighted by Crippen LogP contribution is 2.00. The Morgan fingerprint density at radius 2 is 2.36 bits per heavy atom. The number of hydrazine groups is 1. The van der Waals surface area contributed by atoms with Gasteiger partial charge in [0.1, 0.15) is 0 Å². The lowest BCUT2D eigenvalue weighted by Gasteiger charge is -2.28. The first-order valence-electron chi connectivity index (χ1n) is 4.02. The van der Waals surface area contributed by atoms with E-state index in [2.05, 4.69) is 5.43 Å². The van der Waals surface area contributed by atoms with Crippen molar-refractivity contribution in [3.63, 3.8) is 0 Å². The Bertz CT molecular complexity index is 141. The van der Waals surface area contributed by atoms with E-state index in [1.165, 1.54) is 0 Å².